The van der Waals surface area contributed by atoms with Gasteiger partial charge >= 0.3 is 0 Å². The third-order valence-electron chi connectivity index (χ3n) is 3.27. The highest BCUT2D eigenvalue weighted by molar-refractivity contribution is 5.70. The molecule has 2 aromatic rings. The smallest absolute Gasteiger partial charge is 0.230 e. The number of anilines is 1. The molecular weight excluding hydrogens is 238 g/mol. The van der Waals surface area contributed by atoms with Crippen molar-refractivity contribution in [3.8, 4) is 11.4 Å². The molecule has 1 heterocycles. The second kappa shape index (κ2) is 6.36. The first-order chi connectivity index (χ1) is 9.26. The lowest BCUT2D eigenvalue weighted by atomic mass is 9.98. The van der Waals surface area contributed by atoms with Crippen molar-refractivity contribution in [2.24, 2.45) is 0 Å². The quantitative estimate of drug-likeness (QED) is 0.796. The molecule has 0 aliphatic heterocycles. The van der Waals surface area contributed by atoms with Crippen LogP contribution in [0.25, 0.3) is 11.4 Å². The van der Waals surface area contributed by atoms with Crippen LogP contribution in [0.15, 0.2) is 28.8 Å². The van der Waals surface area contributed by atoms with Gasteiger partial charge in [-0.3, -0.25) is 0 Å². The zero-order chi connectivity index (χ0) is 13.7. The highest BCUT2D eigenvalue weighted by Gasteiger charge is 2.18. The molecule has 0 aliphatic carbocycles. The summed E-state index contributed by atoms with van der Waals surface area (Å²) in [4.78, 5) is 4.52. The molecule has 0 radical (unpaired) electrons. The third-order valence-corrected chi connectivity index (χ3v) is 3.27. The van der Waals surface area contributed by atoms with E-state index in [2.05, 4.69) is 24.0 Å². The zero-order valence-electron chi connectivity index (χ0n) is 11.6. The SMILES string of the molecule is CCCC(CCC)c1nc(-c2ccccc2N)no1. The fourth-order valence-corrected chi connectivity index (χ4v) is 2.30. The third kappa shape index (κ3) is 3.13. The first-order valence-electron chi connectivity index (χ1n) is 6.94. The van der Waals surface area contributed by atoms with Crippen LogP contribution in [0.3, 0.4) is 0 Å². The highest BCUT2D eigenvalue weighted by atomic mass is 16.5. The van der Waals surface area contributed by atoms with Gasteiger partial charge in [0, 0.05) is 17.2 Å². The maximum atomic E-state index is 5.93. The summed E-state index contributed by atoms with van der Waals surface area (Å²) in [5.74, 6) is 1.69. The molecule has 4 heteroatoms. The van der Waals surface area contributed by atoms with Gasteiger partial charge in [0.15, 0.2) is 0 Å². The van der Waals surface area contributed by atoms with Gasteiger partial charge in [0.25, 0.3) is 0 Å². The van der Waals surface area contributed by atoms with Crippen molar-refractivity contribution in [3.05, 3.63) is 30.2 Å². The number of hydrogen-bond donors (Lipinski definition) is 1. The van der Waals surface area contributed by atoms with Gasteiger partial charge in [-0.1, -0.05) is 44.0 Å². The molecule has 1 aromatic heterocycles. The van der Waals surface area contributed by atoms with Gasteiger partial charge in [0.05, 0.1) is 0 Å². The normalized spacial score (nSPS) is 11.1. The van der Waals surface area contributed by atoms with Crippen molar-refractivity contribution in [1.29, 1.82) is 0 Å². The molecule has 0 amide bonds. The van der Waals surface area contributed by atoms with E-state index in [1.807, 2.05) is 24.3 Å². The van der Waals surface area contributed by atoms with E-state index in [0.717, 1.165) is 37.1 Å². The molecule has 1 aromatic carbocycles. The van der Waals surface area contributed by atoms with E-state index in [9.17, 15) is 0 Å². The molecule has 19 heavy (non-hydrogen) atoms. The van der Waals surface area contributed by atoms with Crippen molar-refractivity contribution in [2.45, 2.75) is 45.4 Å². The van der Waals surface area contributed by atoms with E-state index in [1.165, 1.54) is 0 Å². The predicted octanol–water partition coefficient (Wildman–Crippen LogP) is 4.00. The fourth-order valence-electron chi connectivity index (χ4n) is 2.30. The minimum Gasteiger partial charge on any atom is -0.398 e. The molecular formula is C15H21N3O. The van der Waals surface area contributed by atoms with Crippen LogP contribution in [-0.4, -0.2) is 10.1 Å². The largest absolute Gasteiger partial charge is 0.398 e. The minimum atomic E-state index is 0.362. The number of nitrogens with two attached hydrogens (primary N) is 1. The monoisotopic (exact) mass is 259 g/mol. The Morgan fingerprint density at radius 1 is 1.16 bits per heavy atom. The molecule has 2 N–H and O–H groups in total. The Kier molecular flexibility index (Phi) is 4.55. The average Bonchev–Trinajstić information content (AvgIpc) is 2.88. The lowest BCUT2D eigenvalue weighted by Gasteiger charge is -2.09. The first kappa shape index (κ1) is 13.6. The van der Waals surface area contributed by atoms with Gasteiger partial charge in [0.1, 0.15) is 0 Å². The molecule has 0 atom stereocenters. The predicted molar refractivity (Wildman–Crippen MR) is 76.7 cm³/mol. The van der Waals surface area contributed by atoms with Crippen LogP contribution in [0, 0.1) is 0 Å². The van der Waals surface area contributed by atoms with Crippen LogP contribution in [0.5, 0.6) is 0 Å². The van der Waals surface area contributed by atoms with Gasteiger partial charge in [-0.05, 0) is 25.0 Å². The molecule has 0 bridgehead atoms. The second-order valence-corrected chi connectivity index (χ2v) is 4.82. The summed E-state index contributed by atoms with van der Waals surface area (Å²) in [6.07, 6.45) is 4.41. The Balaban J connectivity index is 2.25. The number of aromatic nitrogens is 2. The van der Waals surface area contributed by atoms with Crippen molar-refractivity contribution >= 4 is 5.69 Å². The van der Waals surface area contributed by atoms with Crippen molar-refractivity contribution in [3.63, 3.8) is 0 Å². The Hall–Kier alpha value is -1.84. The van der Waals surface area contributed by atoms with Crippen LogP contribution in [0.1, 0.15) is 51.3 Å². The summed E-state index contributed by atoms with van der Waals surface area (Å²) in [6.45, 7) is 4.35. The van der Waals surface area contributed by atoms with Crippen LogP contribution >= 0.6 is 0 Å². The van der Waals surface area contributed by atoms with Crippen molar-refractivity contribution < 1.29 is 4.52 Å². The average molecular weight is 259 g/mol. The summed E-state index contributed by atoms with van der Waals surface area (Å²) >= 11 is 0. The summed E-state index contributed by atoms with van der Waals surface area (Å²) in [5, 5.41) is 4.07. The van der Waals surface area contributed by atoms with Crippen LogP contribution < -0.4 is 5.73 Å². The Morgan fingerprint density at radius 2 is 1.84 bits per heavy atom. The topological polar surface area (TPSA) is 64.9 Å². The number of nitrogens with zero attached hydrogens (tertiary/aromatic N) is 2. The first-order valence-corrected chi connectivity index (χ1v) is 6.94. The molecule has 4 nitrogen and oxygen atoms in total. The molecule has 2 rings (SSSR count). The molecule has 102 valence electrons. The van der Waals surface area contributed by atoms with Crippen molar-refractivity contribution in [1.82, 2.24) is 10.1 Å². The summed E-state index contributed by atoms with van der Waals surface area (Å²) < 4.78 is 5.42. The number of hydrogen-bond acceptors (Lipinski definition) is 4. The van der Waals surface area contributed by atoms with Gasteiger partial charge in [-0.25, -0.2) is 0 Å². The second-order valence-electron chi connectivity index (χ2n) is 4.82. The van der Waals surface area contributed by atoms with Gasteiger partial charge in [-0.15, -0.1) is 0 Å². The van der Waals surface area contributed by atoms with Crippen molar-refractivity contribution in [2.75, 3.05) is 5.73 Å². The highest BCUT2D eigenvalue weighted by Crippen LogP contribution is 2.28. The van der Waals surface area contributed by atoms with Crippen LogP contribution in [0.4, 0.5) is 5.69 Å². The van der Waals surface area contributed by atoms with Gasteiger partial charge in [0.2, 0.25) is 11.7 Å². The number of para-hydroxylation sites is 1. The Labute approximate surface area is 114 Å². The summed E-state index contributed by atoms with van der Waals surface area (Å²) in [6, 6.07) is 7.59. The number of nitrogen functional groups attached to an aromatic ring is 1. The molecule has 0 saturated carbocycles. The lowest BCUT2D eigenvalue weighted by molar-refractivity contribution is 0.337. The van der Waals surface area contributed by atoms with E-state index < -0.39 is 0 Å². The Bertz CT molecular complexity index is 516. The van der Waals surface area contributed by atoms with E-state index in [-0.39, 0.29) is 0 Å². The summed E-state index contributed by atoms with van der Waals surface area (Å²) in [5.41, 5.74) is 7.45. The van der Waals surface area contributed by atoms with Gasteiger partial charge < -0.3 is 10.3 Å². The molecule has 0 spiro atoms. The zero-order valence-corrected chi connectivity index (χ0v) is 11.6. The molecule has 0 aliphatic rings. The standard InChI is InChI=1S/C15H21N3O/c1-3-7-11(8-4-2)15-17-14(18-19-15)12-9-5-6-10-13(12)16/h5-6,9-11H,3-4,7-8,16H2,1-2H3. The molecule has 0 fully saturated rings. The number of rotatable bonds is 6. The van der Waals surface area contributed by atoms with Crippen LogP contribution in [0.2, 0.25) is 0 Å². The van der Waals surface area contributed by atoms with E-state index >= 15 is 0 Å². The summed E-state index contributed by atoms with van der Waals surface area (Å²) in [7, 11) is 0. The lowest BCUT2D eigenvalue weighted by Crippen LogP contribution is -1.99. The Morgan fingerprint density at radius 3 is 2.47 bits per heavy atom. The van der Waals surface area contributed by atoms with E-state index in [0.29, 0.717) is 17.4 Å². The molecule has 0 saturated heterocycles. The molecule has 0 unspecified atom stereocenters. The maximum absolute atomic E-state index is 5.93. The van der Waals surface area contributed by atoms with E-state index in [4.69, 9.17) is 10.3 Å². The van der Waals surface area contributed by atoms with E-state index in [1.54, 1.807) is 0 Å². The number of benzene rings is 1. The maximum Gasteiger partial charge on any atom is 0.230 e. The van der Waals surface area contributed by atoms with Gasteiger partial charge in [-0.2, -0.15) is 4.98 Å². The fraction of sp³-hybridized carbons (Fsp3) is 0.467. The minimum absolute atomic E-state index is 0.362. The van der Waals surface area contributed by atoms with Crippen LogP contribution in [-0.2, 0) is 0 Å².